The van der Waals surface area contributed by atoms with Crippen molar-refractivity contribution in [2.45, 2.75) is 20.8 Å². The summed E-state index contributed by atoms with van der Waals surface area (Å²) in [5, 5.41) is 0. The molecule has 0 radical (unpaired) electrons. The van der Waals surface area contributed by atoms with Gasteiger partial charge in [0.1, 0.15) is 5.75 Å². The summed E-state index contributed by atoms with van der Waals surface area (Å²) in [6.45, 7) is 5.20. The molecule has 0 atom stereocenters. The van der Waals surface area contributed by atoms with Crippen molar-refractivity contribution in [2.75, 3.05) is 0 Å². The monoisotopic (exact) mass is 234 g/mol. The number of Topliss-reactive ketones (excluding diaryl/α,β-unsaturated/α-hetero) is 1. The molecule has 17 heavy (non-hydrogen) atoms. The number of carbonyl (C=O) groups is 3. The number of aldehydes is 1. The minimum atomic E-state index is -0.640. The molecule has 0 unspecified atom stereocenters. The van der Waals surface area contributed by atoms with Crippen LogP contribution in [-0.4, -0.2) is 18.0 Å². The fourth-order valence-corrected chi connectivity index (χ4v) is 1.04. The van der Waals surface area contributed by atoms with Gasteiger partial charge in [-0.15, -0.1) is 0 Å². The van der Waals surface area contributed by atoms with Crippen LogP contribution in [0, 0.1) is 5.41 Å². The second kappa shape index (κ2) is 4.91. The smallest absolute Gasteiger partial charge is 0.316 e. The highest BCUT2D eigenvalue weighted by molar-refractivity contribution is 6.33. The van der Waals surface area contributed by atoms with Crippen molar-refractivity contribution in [3.8, 4) is 5.75 Å². The van der Waals surface area contributed by atoms with Crippen LogP contribution in [0.4, 0.5) is 0 Å². The highest BCUT2D eigenvalue weighted by Gasteiger charge is 2.23. The Morgan fingerprint density at radius 3 is 2.41 bits per heavy atom. The van der Waals surface area contributed by atoms with Gasteiger partial charge < -0.3 is 4.74 Å². The Balaban J connectivity index is 2.90. The van der Waals surface area contributed by atoms with E-state index in [-0.39, 0.29) is 17.6 Å². The highest BCUT2D eigenvalue weighted by Crippen LogP contribution is 2.20. The van der Waals surface area contributed by atoms with E-state index in [9.17, 15) is 14.4 Å². The van der Waals surface area contributed by atoms with Gasteiger partial charge in [0.2, 0.25) is 5.78 Å². The number of rotatable bonds is 3. The van der Waals surface area contributed by atoms with E-state index >= 15 is 0 Å². The third-order valence-corrected chi connectivity index (χ3v) is 2.05. The molecule has 0 saturated heterocycles. The standard InChI is InChI=1S/C13H14O4/c1-13(2,3)12(16)17-10-6-4-5-9(7-10)11(15)8-14/h4-8H,1-3H3. The van der Waals surface area contributed by atoms with Crippen molar-refractivity contribution in [1.29, 1.82) is 0 Å². The average molecular weight is 234 g/mol. The molecule has 0 fully saturated rings. The molecule has 0 N–H and O–H groups in total. The van der Waals surface area contributed by atoms with Crippen LogP contribution in [0.1, 0.15) is 31.1 Å². The fourth-order valence-electron chi connectivity index (χ4n) is 1.04. The molecule has 4 heteroatoms. The summed E-state index contributed by atoms with van der Waals surface area (Å²) in [5.74, 6) is -0.774. The molecule has 0 aliphatic rings. The molecule has 0 aliphatic carbocycles. The molecule has 1 aromatic rings. The van der Waals surface area contributed by atoms with Gasteiger partial charge in [-0.2, -0.15) is 0 Å². The third-order valence-electron chi connectivity index (χ3n) is 2.05. The van der Waals surface area contributed by atoms with Crippen molar-refractivity contribution in [1.82, 2.24) is 0 Å². The average Bonchev–Trinajstić information content (AvgIpc) is 2.27. The van der Waals surface area contributed by atoms with Crippen molar-refractivity contribution in [3.63, 3.8) is 0 Å². The van der Waals surface area contributed by atoms with E-state index in [2.05, 4.69) is 0 Å². The van der Waals surface area contributed by atoms with Crippen LogP contribution in [0.3, 0.4) is 0 Å². The van der Waals surface area contributed by atoms with Crippen molar-refractivity contribution in [2.24, 2.45) is 5.41 Å². The first-order valence-corrected chi connectivity index (χ1v) is 5.16. The lowest BCUT2D eigenvalue weighted by atomic mass is 9.97. The number of hydrogen-bond donors (Lipinski definition) is 0. The number of ether oxygens (including phenoxy) is 1. The Morgan fingerprint density at radius 2 is 1.88 bits per heavy atom. The zero-order chi connectivity index (χ0) is 13.1. The maximum absolute atomic E-state index is 11.6. The second-order valence-corrected chi connectivity index (χ2v) is 4.65. The Morgan fingerprint density at radius 1 is 1.24 bits per heavy atom. The van der Waals surface area contributed by atoms with Gasteiger partial charge in [-0.1, -0.05) is 12.1 Å². The van der Waals surface area contributed by atoms with Crippen LogP contribution >= 0.6 is 0 Å². The first-order valence-electron chi connectivity index (χ1n) is 5.16. The zero-order valence-corrected chi connectivity index (χ0v) is 10.0. The molecule has 0 aromatic heterocycles. The maximum Gasteiger partial charge on any atom is 0.316 e. The largest absolute Gasteiger partial charge is 0.426 e. The van der Waals surface area contributed by atoms with E-state index in [1.165, 1.54) is 12.1 Å². The van der Waals surface area contributed by atoms with Gasteiger partial charge in [-0.3, -0.25) is 14.4 Å². The summed E-state index contributed by atoms with van der Waals surface area (Å²) in [4.78, 5) is 33.1. The van der Waals surface area contributed by atoms with Gasteiger partial charge in [0, 0.05) is 5.56 Å². The molecule has 1 aromatic carbocycles. The molecular formula is C13H14O4. The van der Waals surface area contributed by atoms with E-state index in [1.54, 1.807) is 32.9 Å². The molecule has 0 amide bonds. The van der Waals surface area contributed by atoms with Gasteiger partial charge in [0.15, 0.2) is 6.29 Å². The van der Waals surface area contributed by atoms with Gasteiger partial charge in [0.05, 0.1) is 5.41 Å². The quantitative estimate of drug-likeness (QED) is 0.264. The summed E-state index contributed by atoms with van der Waals surface area (Å²) in [6, 6.07) is 5.98. The lowest BCUT2D eigenvalue weighted by molar-refractivity contribution is -0.143. The normalized spacial score (nSPS) is 10.8. The van der Waals surface area contributed by atoms with Gasteiger partial charge in [0.25, 0.3) is 0 Å². The Bertz CT molecular complexity index is 455. The summed E-state index contributed by atoms with van der Waals surface area (Å²) in [7, 11) is 0. The summed E-state index contributed by atoms with van der Waals surface area (Å²) < 4.78 is 5.11. The molecule has 1 rings (SSSR count). The van der Waals surface area contributed by atoms with Gasteiger partial charge in [-0.05, 0) is 32.9 Å². The van der Waals surface area contributed by atoms with Crippen LogP contribution in [0.5, 0.6) is 5.75 Å². The minimum Gasteiger partial charge on any atom is -0.426 e. The van der Waals surface area contributed by atoms with E-state index in [1.807, 2.05) is 0 Å². The molecule has 0 saturated carbocycles. The highest BCUT2D eigenvalue weighted by atomic mass is 16.5. The van der Waals surface area contributed by atoms with E-state index in [0.29, 0.717) is 0 Å². The first kappa shape index (κ1) is 13.1. The topological polar surface area (TPSA) is 60.4 Å². The number of benzene rings is 1. The Hall–Kier alpha value is -1.97. The number of hydrogen-bond acceptors (Lipinski definition) is 4. The summed E-state index contributed by atoms with van der Waals surface area (Å²) in [5.41, 5.74) is -0.413. The zero-order valence-electron chi connectivity index (χ0n) is 10.0. The molecule has 90 valence electrons. The number of esters is 1. The molecule has 0 heterocycles. The molecule has 0 bridgehead atoms. The molecular weight excluding hydrogens is 220 g/mol. The second-order valence-electron chi connectivity index (χ2n) is 4.65. The fraction of sp³-hybridized carbons (Fsp3) is 0.308. The maximum atomic E-state index is 11.6. The van der Waals surface area contributed by atoms with E-state index in [4.69, 9.17) is 4.74 Å². The number of carbonyl (C=O) groups excluding carboxylic acids is 3. The Labute approximate surface area is 99.6 Å². The first-order chi connectivity index (χ1) is 7.84. The molecule has 0 spiro atoms. The lowest BCUT2D eigenvalue weighted by Gasteiger charge is -2.16. The summed E-state index contributed by atoms with van der Waals surface area (Å²) >= 11 is 0. The van der Waals surface area contributed by atoms with Crippen molar-refractivity contribution >= 4 is 18.0 Å². The van der Waals surface area contributed by atoms with Crippen molar-refractivity contribution < 1.29 is 19.1 Å². The Kier molecular flexibility index (Phi) is 3.78. The predicted molar refractivity (Wildman–Crippen MR) is 61.9 cm³/mol. The molecule has 4 nitrogen and oxygen atoms in total. The van der Waals surface area contributed by atoms with E-state index < -0.39 is 17.2 Å². The van der Waals surface area contributed by atoms with E-state index in [0.717, 1.165) is 0 Å². The lowest BCUT2D eigenvalue weighted by Crippen LogP contribution is -2.25. The molecule has 0 aliphatic heterocycles. The number of ketones is 1. The van der Waals surface area contributed by atoms with Crippen LogP contribution in [-0.2, 0) is 9.59 Å². The van der Waals surface area contributed by atoms with Crippen LogP contribution < -0.4 is 4.74 Å². The summed E-state index contributed by atoms with van der Waals surface area (Å²) in [6.07, 6.45) is 0.227. The minimum absolute atomic E-state index is 0.208. The van der Waals surface area contributed by atoms with Crippen LogP contribution in [0.25, 0.3) is 0 Å². The van der Waals surface area contributed by atoms with Crippen LogP contribution in [0.15, 0.2) is 24.3 Å². The third kappa shape index (κ3) is 3.52. The van der Waals surface area contributed by atoms with Crippen LogP contribution in [0.2, 0.25) is 0 Å². The van der Waals surface area contributed by atoms with Crippen molar-refractivity contribution in [3.05, 3.63) is 29.8 Å². The predicted octanol–water partition coefficient (Wildman–Crippen LogP) is 2.02. The van der Waals surface area contributed by atoms with Gasteiger partial charge in [-0.25, -0.2) is 0 Å². The van der Waals surface area contributed by atoms with Gasteiger partial charge >= 0.3 is 5.97 Å². The SMILES string of the molecule is CC(C)(C)C(=O)Oc1cccc(C(=O)C=O)c1.